The molecule has 0 bridgehead atoms. The number of rotatable bonds is 0. The summed E-state index contributed by atoms with van der Waals surface area (Å²) in [5.74, 6) is 0.0405. The second-order valence-corrected chi connectivity index (χ2v) is 1.48. The van der Waals surface area contributed by atoms with E-state index >= 15 is 0 Å². The van der Waals surface area contributed by atoms with Crippen LogP contribution in [0.15, 0.2) is 15.2 Å². The molecule has 0 amide bonds. The summed E-state index contributed by atoms with van der Waals surface area (Å²) in [6, 6.07) is 0. The van der Waals surface area contributed by atoms with Gasteiger partial charge in [0.1, 0.15) is 0 Å². The lowest BCUT2D eigenvalue weighted by molar-refractivity contribution is 0.360. The Morgan fingerprint density at radius 2 is 2.50 bits per heavy atom. The van der Waals surface area contributed by atoms with E-state index in [9.17, 15) is 0 Å². The molecule has 0 atom stereocenters. The Morgan fingerprint density at radius 1 is 1.62 bits per heavy atom. The fraction of sp³-hybridized carbons (Fsp3) is 0. The second kappa shape index (κ2) is 0.912. The van der Waals surface area contributed by atoms with Gasteiger partial charge < -0.3 is 14.0 Å². The van der Waals surface area contributed by atoms with Crippen molar-refractivity contribution in [3.8, 4) is 5.75 Å². The molecule has 2 rings (SSSR count). The highest BCUT2D eigenvalue weighted by Gasteiger charge is 2.06. The monoisotopic (exact) mass is 113 g/mol. The van der Waals surface area contributed by atoms with E-state index in [4.69, 9.17) is 5.11 Å². The summed E-state index contributed by atoms with van der Waals surface area (Å²) in [7, 11) is 0. The van der Waals surface area contributed by atoms with Crippen LogP contribution >= 0.6 is 0 Å². The standard InChI is InChI=1S/C4H3NO3/c6-2-1-7-5-4-3(2)8-4/h1,5-6H. The maximum atomic E-state index is 8.73. The van der Waals surface area contributed by atoms with Gasteiger partial charge in [-0.25, -0.2) is 0 Å². The Morgan fingerprint density at radius 3 is 3.12 bits per heavy atom. The van der Waals surface area contributed by atoms with Crippen LogP contribution in [0.4, 0.5) is 0 Å². The molecule has 0 aromatic rings. The fourth-order valence-corrected chi connectivity index (χ4v) is 0.505. The quantitative estimate of drug-likeness (QED) is 0.526. The first kappa shape index (κ1) is 3.65. The van der Waals surface area contributed by atoms with Crippen molar-refractivity contribution in [3.05, 3.63) is 17.2 Å². The van der Waals surface area contributed by atoms with Gasteiger partial charge in [0.2, 0.25) is 11.2 Å². The van der Waals surface area contributed by atoms with E-state index in [0.717, 1.165) is 0 Å². The van der Waals surface area contributed by atoms with Crippen molar-refractivity contribution in [1.82, 2.24) is 5.16 Å². The van der Waals surface area contributed by atoms with Crippen LogP contribution in [0.3, 0.4) is 0 Å². The molecule has 0 aromatic heterocycles. The van der Waals surface area contributed by atoms with E-state index in [1.54, 1.807) is 0 Å². The zero-order valence-electron chi connectivity index (χ0n) is 3.84. The van der Waals surface area contributed by atoms with Crippen molar-refractivity contribution in [1.29, 1.82) is 0 Å². The molecule has 2 heterocycles. The lowest BCUT2D eigenvalue weighted by atomic mass is 10.6. The zero-order valence-corrected chi connectivity index (χ0v) is 3.84. The van der Waals surface area contributed by atoms with Crippen molar-refractivity contribution in [2.75, 3.05) is 0 Å². The van der Waals surface area contributed by atoms with E-state index in [1.165, 1.54) is 6.26 Å². The average Bonchev–Trinajstić information content (AvgIpc) is 2.45. The summed E-state index contributed by atoms with van der Waals surface area (Å²) in [4.78, 5) is 0. The van der Waals surface area contributed by atoms with Gasteiger partial charge in [0.15, 0.2) is 6.26 Å². The van der Waals surface area contributed by atoms with Crippen LogP contribution in [0, 0.1) is 11.0 Å². The molecule has 2 aliphatic heterocycles. The van der Waals surface area contributed by atoms with Crippen LogP contribution in [-0.4, -0.2) is 10.3 Å². The number of hydrogen-bond acceptors (Lipinski definition) is 3. The van der Waals surface area contributed by atoms with Gasteiger partial charge >= 0.3 is 0 Å². The molecule has 0 radical (unpaired) electrons. The summed E-state index contributed by atoms with van der Waals surface area (Å²) in [6.07, 6.45) is 1.17. The molecule has 8 heavy (non-hydrogen) atoms. The first-order chi connectivity index (χ1) is 3.88. The summed E-state index contributed by atoms with van der Waals surface area (Å²) in [5.41, 5.74) is 0.987. The third kappa shape index (κ3) is 0.294. The topological polar surface area (TPSA) is 62.3 Å². The molecule has 0 fully saturated rings. The van der Waals surface area contributed by atoms with Crippen LogP contribution in [-0.2, 0) is 0 Å². The minimum absolute atomic E-state index is 0.0405. The molecule has 0 saturated carbocycles. The summed E-state index contributed by atoms with van der Waals surface area (Å²) in [6.45, 7) is 0. The number of H-pyrrole nitrogens is 1. The van der Waals surface area contributed by atoms with E-state index < -0.39 is 0 Å². The number of aromatic hydroxyl groups is 1. The van der Waals surface area contributed by atoms with Gasteiger partial charge in [0.25, 0.3) is 5.55 Å². The predicted octanol–water partition coefficient (Wildman–Crippen LogP) is 0.631. The van der Waals surface area contributed by atoms with Crippen molar-refractivity contribution in [2.45, 2.75) is 0 Å². The van der Waals surface area contributed by atoms with Gasteiger partial charge in [-0.1, -0.05) is 0 Å². The number of aromatic nitrogens is 1. The molecule has 2 aliphatic rings. The Hall–Kier alpha value is -1.32. The predicted molar refractivity (Wildman–Crippen MR) is 22.3 cm³/mol. The first-order valence-corrected chi connectivity index (χ1v) is 2.11. The molecule has 42 valence electrons. The van der Waals surface area contributed by atoms with Crippen LogP contribution in [0.5, 0.6) is 5.75 Å². The normalized spacial score (nSPS) is 11.0. The lowest BCUT2D eigenvalue weighted by Crippen LogP contribution is -1.62. The van der Waals surface area contributed by atoms with E-state index in [0.29, 0.717) is 11.0 Å². The Kier molecular flexibility index (Phi) is 0.417. The maximum absolute atomic E-state index is 8.73. The molecule has 0 aliphatic carbocycles. The van der Waals surface area contributed by atoms with E-state index in [2.05, 4.69) is 14.1 Å². The fourth-order valence-electron chi connectivity index (χ4n) is 0.505. The highest BCUT2D eigenvalue weighted by molar-refractivity contribution is 5.11. The highest BCUT2D eigenvalue weighted by atomic mass is 16.5. The molecule has 0 aromatic carbocycles. The lowest BCUT2D eigenvalue weighted by Gasteiger charge is -1.75. The molecule has 0 unspecified atom stereocenters. The Balaban J connectivity index is 2.97. The first-order valence-electron chi connectivity index (χ1n) is 2.11. The molecule has 2 N–H and O–H groups in total. The molecule has 0 spiro atoms. The van der Waals surface area contributed by atoms with E-state index in [-0.39, 0.29) is 5.75 Å². The smallest absolute Gasteiger partial charge is 0.274 e. The molecule has 0 saturated heterocycles. The van der Waals surface area contributed by atoms with Crippen LogP contribution < -0.4 is 0 Å². The van der Waals surface area contributed by atoms with Gasteiger partial charge in [-0.3, -0.25) is 0 Å². The third-order valence-corrected chi connectivity index (χ3v) is 0.924. The third-order valence-electron chi connectivity index (χ3n) is 0.924. The van der Waals surface area contributed by atoms with Gasteiger partial charge in [0, 0.05) is 0 Å². The van der Waals surface area contributed by atoms with Crippen LogP contribution in [0.2, 0.25) is 0 Å². The minimum atomic E-state index is 0.0405. The van der Waals surface area contributed by atoms with Crippen LogP contribution in [0.25, 0.3) is 0 Å². The minimum Gasteiger partial charge on any atom is -0.502 e. The van der Waals surface area contributed by atoms with Crippen molar-refractivity contribution in [3.63, 3.8) is 0 Å². The number of hydrogen-bond donors (Lipinski definition) is 2. The molecular weight excluding hydrogens is 110 g/mol. The maximum Gasteiger partial charge on any atom is 0.274 e. The van der Waals surface area contributed by atoms with Gasteiger partial charge in [-0.2, -0.15) is 5.16 Å². The zero-order chi connectivity index (χ0) is 5.56. The average molecular weight is 113 g/mol. The summed E-state index contributed by atoms with van der Waals surface area (Å²) >= 11 is 0. The molecule has 4 heteroatoms. The SMILES string of the molecule is Oc1co[nH]c2oc1=2. The largest absolute Gasteiger partial charge is 0.502 e. The van der Waals surface area contributed by atoms with Crippen molar-refractivity contribution >= 4 is 0 Å². The summed E-state index contributed by atoms with van der Waals surface area (Å²) in [5, 5.41) is 11.1. The van der Waals surface area contributed by atoms with Gasteiger partial charge in [-0.15, -0.1) is 0 Å². The van der Waals surface area contributed by atoms with Crippen molar-refractivity contribution in [2.24, 2.45) is 0 Å². The molecule has 4 nitrogen and oxygen atoms in total. The van der Waals surface area contributed by atoms with Gasteiger partial charge in [0.05, 0.1) is 0 Å². The van der Waals surface area contributed by atoms with E-state index in [1.807, 2.05) is 0 Å². The van der Waals surface area contributed by atoms with Crippen molar-refractivity contribution < 1.29 is 14.0 Å². The van der Waals surface area contributed by atoms with Crippen LogP contribution in [0.1, 0.15) is 0 Å². The second-order valence-electron chi connectivity index (χ2n) is 1.48. The highest BCUT2D eigenvalue weighted by Crippen LogP contribution is 2.15. The Labute approximate surface area is 43.3 Å². The van der Waals surface area contributed by atoms with Gasteiger partial charge in [-0.05, 0) is 0 Å². The molecular formula is C4H3NO3. The Bertz CT molecular complexity index is 327. The number of aromatic amines is 1. The number of nitrogens with one attached hydrogen (secondary N) is 1. The summed E-state index contributed by atoms with van der Waals surface area (Å²) < 4.78 is 9.16.